The van der Waals surface area contributed by atoms with Gasteiger partial charge < -0.3 is 9.67 Å². The number of hydrogen-bond donors (Lipinski definition) is 1. The third kappa shape index (κ3) is 2.06. The Bertz CT molecular complexity index is 410. The fraction of sp³-hybridized carbons (Fsp3) is 0.769. The van der Waals surface area contributed by atoms with Gasteiger partial charge in [-0.05, 0) is 41.6 Å². The van der Waals surface area contributed by atoms with Crippen molar-refractivity contribution >= 4 is 15.9 Å². The molecule has 1 aliphatic heterocycles. The van der Waals surface area contributed by atoms with Gasteiger partial charge in [0.2, 0.25) is 0 Å². The van der Waals surface area contributed by atoms with E-state index in [-0.39, 0.29) is 6.10 Å². The van der Waals surface area contributed by atoms with Gasteiger partial charge in [0.15, 0.2) is 0 Å². The van der Waals surface area contributed by atoms with Crippen molar-refractivity contribution in [2.24, 2.45) is 0 Å². The molecule has 1 aliphatic carbocycles. The number of aliphatic hydroxyl groups is 1. The van der Waals surface area contributed by atoms with Gasteiger partial charge in [-0.1, -0.05) is 19.3 Å². The highest BCUT2D eigenvalue weighted by atomic mass is 79.9. The fourth-order valence-electron chi connectivity index (χ4n) is 3.26. The number of aliphatic hydroxyl groups excluding tert-OH is 1. The van der Waals surface area contributed by atoms with Crippen molar-refractivity contribution in [3.05, 3.63) is 16.1 Å². The topological polar surface area (TPSA) is 38.0 Å². The Labute approximate surface area is 110 Å². The summed E-state index contributed by atoms with van der Waals surface area (Å²) < 4.78 is 3.14. The Morgan fingerprint density at radius 2 is 1.88 bits per heavy atom. The summed E-state index contributed by atoms with van der Waals surface area (Å²) in [6.07, 6.45) is 8.15. The van der Waals surface area contributed by atoms with Gasteiger partial charge in [0.05, 0.1) is 11.8 Å². The van der Waals surface area contributed by atoms with E-state index in [4.69, 9.17) is 0 Å². The predicted molar refractivity (Wildman–Crippen MR) is 69.9 cm³/mol. The molecule has 2 aliphatic rings. The van der Waals surface area contributed by atoms with Crippen LogP contribution in [0.15, 0.2) is 4.60 Å². The van der Waals surface area contributed by atoms with Crippen LogP contribution in [0.2, 0.25) is 0 Å². The lowest BCUT2D eigenvalue weighted by Gasteiger charge is -2.26. The van der Waals surface area contributed by atoms with Crippen LogP contribution in [0.25, 0.3) is 0 Å². The molecule has 1 saturated carbocycles. The van der Waals surface area contributed by atoms with Crippen molar-refractivity contribution in [2.75, 3.05) is 0 Å². The number of fused-ring (bicyclic) bond motifs is 1. The van der Waals surface area contributed by atoms with Gasteiger partial charge in [0, 0.05) is 12.5 Å². The van der Waals surface area contributed by atoms with Crippen molar-refractivity contribution < 1.29 is 5.11 Å². The van der Waals surface area contributed by atoms with Crippen LogP contribution in [0.5, 0.6) is 0 Å². The molecule has 0 spiro atoms. The lowest BCUT2D eigenvalue weighted by atomic mass is 9.88. The summed E-state index contributed by atoms with van der Waals surface area (Å²) in [5, 5.41) is 10.1. The summed E-state index contributed by atoms with van der Waals surface area (Å²) >= 11 is 3.52. The maximum Gasteiger partial charge on any atom is 0.130 e. The highest BCUT2D eigenvalue weighted by Crippen LogP contribution is 2.38. The molecule has 1 aromatic heterocycles. The molecule has 1 aromatic rings. The zero-order chi connectivity index (χ0) is 11.8. The first-order valence-corrected chi connectivity index (χ1v) is 7.50. The summed E-state index contributed by atoms with van der Waals surface area (Å²) in [4.78, 5) is 4.69. The van der Waals surface area contributed by atoms with E-state index >= 15 is 0 Å². The summed E-state index contributed by atoms with van der Waals surface area (Å²) in [6.45, 7) is 1.02. The van der Waals surface area contributed by atoms with Crippen LogP contribution >= 0.6 is 15.9 Å². The molecule has 1 fully saturated rings. The van der Waals surface area contributed by atoms with Crippen molar-refractivity contribution in [3.63, 3.8) is 0 Å². The van der Waals surface area contributed by atoms with E-state index < -0.39 is 0 Å². The number of hydrogen-bond acceptors (Lipinski definition) is 2. The third-order valence-electron chi connectivity index (χ3n) is 4.14. The summed E-state index contributed by atoms with van der Waals surface area (Å²) in [5.74, 6) is 1.82. The molecule has 1 N–H and O–H groups in total. The number of nitrogens with zero attached hydrogens (tertiary/aromatic N) is 2. The van der Waals surface area contributed by atoms with E-state index in [0.717, 1.165) is 29.7 Å². The standard InChI is InChI=1S/C13H19BrN2O/c14-12-11-10(17)7-4-8-16(11)13(15-12)9-5-2-1-3-6-9/h9-10,17H,1-8H2. The first-order chi connectivity index (χ1) is 8.27. The molecule has 0 saturated heterocycles. The molecule has 0 amide bonds. The number of aromatic nitrogens is 2. The molecule has 3 rings (SSSR count). The Morgan fingerprint density at radius 1 is 1.12 bits per heavy atom. The third-order valence-corrected chi connectivity index (χ3v) is 4.72. The van der Waals surface area contributed by atoms with E-state index in [1.165, 1.54) is 37.9 Å². The average Bonchev–Trinajstić information content (AvgIpc) is 2.69. The molecule has 94 valence electrons. The van der Waals surface area contributed by atoms with E-state index in [1.54, 1.807) is 0 Å². The molecule has 0 aromatic carbocycles. The van der Waals surface area contributed by atoms with Gasteiger partial charge in [0.25, 0.3) is 0 Å². The van der Waals surface area contributed by atoms with Crippen molar-refractivity contribution in [2.45, 2.75) is 63.5 Å². The Kier molecular flexibility index (Phi) is 3.26. The van der Waals surface area contributed by atoms with Crippen molar-refractivity contribution in [3.8, 4) is 0 Å². The van der Waals surface area contributed by atoms with Crippen LogP contribution < -0.4 is 0 Å². The van der Waals surface area contributed by atoms with E-state index in [0.29, 0.717) is 5.92 Å². The number of imidazole rings is 1. The molecule has 2 heterocycles. The SMILES string of the molecule is OC1CCCn2c(C3CCCCC3)nc(Br)c21. The summed E-state index contributed by atoms with van der Waals surface area (Å²) in [7, 11) is 0. The first kappa shape index (κ1) is 11.7. The van der Waals surface area contributed by atoms with Crippen LogP contribution in [0.1, 0.15) is 68.5 Å². The minimum absolute atomic E-state index is 0.331. The monoisotopic (exact) mass is 298 g/mol. The van der Waals surface area contributed by atoms with Crippen LogP contribution in [0.4, 0.5) is 0 Å². The molecule has 1 unspecified atom stereocenters. The minimum Gasteiger partial charge on any atom is -0.387 e. The molecule has 1 atom stereocenters. The second-order valence-electron chi connectivity index (χ2n) is 5.29. The highest BCUT2D eigenvalue weighted by molar-refractivity contribution is 9.10. The average molecular weight is 299 g/mol. The van der Waals surface area contributed by atoms with Gasteiger partial charge in [0.1, 0.15) is 10.4 Å². The maximum atomic E-state index is 10.1. The molecule has 0 radical (unpaired) electrons. The van der Waals surface area contributed by atoms with E-state index in [9.17, 15) is 5.11 Å². The maximum absolute atomic E-state index is 10.1. The summed E-state index contributed by atoms with van der Waals surface area (Å²) in [5.41, 5.74) is 1.01. The van der Waals surface area contributed by atoms with E-state index in [2.05, 4.69) is 25.5 Å². The van der Waals surface area contributed by atoms with E-state index in [1.807, 2.05) is 0 Å². The second-order valence-corrected chi connectivity index (χ2v) is 6.04. The second kappa shape index (κ2) is 4.73. The predicted octanol–water partition coefficient (Wildman–Crippen LogP) is 3.52. The fourth-order valence-corrected chi connectivity index (χ4v) is 3.92. The molecular formula is C13H19BrN2O. The van der Waals surface area contributed by atoms with Crippen LogP contribution in [0.3, 0.4) is 0 Å². The molecule has 0 bridgehead atoms. The van der Waals surface area contributed by atoms with Gasteiger partial charge in [-0.25, -0.2) is 4.98 Å². The van der Waals surface area contributed by atoms with Crippen LogP contribution in [-0.4, -0.2) is 14.7 Å². The van der Waals surface area contributed by atoms with Gasteiger partial charge in [-0.3, -0.25) is 0 Å². The van der Waals surface area contributed by atoms with Gasteiger partial charge >= 0.3 is 0 Å². The summed E-state index contributed by atoms with van der Waals surface area (Å²) in [6, 6.07) is 0. The Morgan fingerprint density at radius 3 is 2.65 bits per heavy atom. The van der Waals surface area contributed by atoms with Crippen LogP contribution in [-0.2, 0) is 6.54 Å². The number of rotatable bonds is 1. The van der Waals surface area contributed by atoms with Crippen molar-refractivity contribution in [1.29, 1.82) is 0 Å². The van der Waals surface area contributed by atoms with Crippen molar-refractivity contribution in [1.82, 2.24) is 9.55 Å². The minimum atomic E-state index is -0.331. The Hall–Kier alpha value is -0.350. The first-order valence-electron chi connectivity index (χ1n) is 6.71. The zero-order valence-corrected chi connectivity index (χ0v) is 11.6. The van der Waals surface area contributed by atoms with Crippen LogP contribution in [0, 0.1) is 0 Å². The zero-order valence-electron chi connectivity index (χ0n) is 10.0. The number of halogens is 1. The smallest absolute Gasteiger partial charge is 0.130 e. The molecule has 17 heavy (non-hydrogen) atoms. The normalized spacial score (nSPS) is 25.9. The molecule has 3 nitrogen and oxygen atoms in total. The Balaban J connectivity index is 1.97. The quantitative estimate of drug-likeness (QED) is 0.861. The molecular weight excluding hydrogens is 280 g/mol. The largest absolute Gasteiger partial charge is 0.387 e. The lowest BCUT2D eigenvalue weighted by Crippen LogP contribution is -2.19. The highest BCUT2D eigenvalue weighted by Gasteiger charge is 2.29. The van der Waals surface area contributed by atoms with Gasteiger partial charge in [-0.15, -0.1) is 0 Å². The molecule has 4 heteroatoms. The van der Waals surface area contributed by atoms with Gasteiger partial charge in [-0.2, -0.15) is 0 Å². The lowest BCUT2D eigenvalue weighted by molar-refractivity contribution is 0.136.